The number of nitrogens with zero attached hydrogens (tertiary/aromatic N) is 3. The lowest BCUT2D eigenvalue weighted by Crippen LogP contribution is -2.50. The van der Waals surface area contributed by atoms with Crippen LogP contribution in [-0.4, -0.2) is 65.3 Å². The van der Waals surface area contributed by atoms with E-state index in [2.05, 4.69) is 51.7 Å². The van der Waals surface area contributed by atoms with Crippen molar-refractivity contribution in [1.29, 1.82) is 0 Å². The summed E-state index contributed by atoms with van der Waals surface area (Å²) in [6.07, 6.45) is 8.59. The second-order valence-corrected chi connectivity index (χ2v) is 10.1. The molecule has 0 spiro atoms. The zero-order valence-corrected chi connectivity index (χ0v) is 20.9. The summed E-state index contributed by atoms with van der Waals surface area (Å²) in [5.41, 5.74) is 4.80. The molecule has 2 fully saturated rings. The Morgan fingerprint density at radius 3 is 2.80 bits per heavy atom. The molecular formula is C27H36N6O2. The second-order valence-electron chi connectivity index (χ2n) is 10.1. The van der Waals surface area contributed by atoms with E-state index in [0.717, 1.165) is 48.9 Å². The summed E-state index contributed by atoms with van der Waals surface area (Å²) < 4.78 is 6.73. The van der Waals surface area contributed by atoms with Crippen molar-refractivity contribution in [3.63, 3.8) is 0 Å². The van der Waals surface area contributed by atoms with E-state index in [1.807, 2.05) is 18.3 Å². The second kappa shape index (κ2) is 10.3. The maximum atomic E-state index is 12.9. The van der Waals surface area contributed by atoms with Crippen LogP contribution in [0.2, 0.25) is 0 Å². The Labute approximate surface area is 207 Å². The summed E-state index contributed by atoms with van der Waals surface area (Å²) in [6, 6.07) is 6.69. The first-order valence-electron chi connectivity index (χ1n) is 12.8. The minimum Gasteiger partial charge on any atom is -0.486 e. The SMILES string of the molecule is CNC(=O)C1=C(O[C@H](CN2CCN[C@H](C)C2)c2ccc(C3CC3)cn2)CC(C)C(c2ccn[nH]2)=C1. The highest BCUT2D eigenvalue weighted by atomic mass is 16.5. The maximum absolute atomic E-state index is 12.9. The number of ether oxygens (including phenoxy) is 1. The van der Waals surface area contributed by atoms with E-state index in [-0.39, 0.29) is 17.9 Å². The third-order valence-corrected chi connectivity index (χ3v) is 7.26. The van der Waals surface area contributed by atoms with Gasteiger partial charge in [-0.1, -0.05) is 13.0 Å². The molecule has 8 heteroatoms. The molecule has 2 aromatic rings. The van der Waals surface area contributed by atoms with Crippen LogP contribution in [0.1, 0.15) is 62.1 Å². The smallest absolute Gasteiger partial charge is 0.254 e. The van der Waals surface area contributed by atoms with Gasteiger partial charge in [-0.2, -0.15) is 5.10 Å². The van der Waals surface area contributed by atoms with Crippen molar-refractivity contribution >= 4 is 11.5 Å². The highest BCUT2D eigenvalue weighted by molar-refractivity contribution is 5.99. The van der Waals surface area contributed by atoms with Gasteiger partial charge in [0.25, 0.3) is 5.91 Å². The Morgan fingerprint density at radius 1 is 1.29 bits per heavy atom. The largest absolute Gasteiger partial charge is 0.486 e. The van der Waals surface area contributed by atoms with Gasteiger partial charge in [0, 0.05) is 58.1 Å². The van der Waals surface area contributed by atoms with Gasteiger partial charge in [0.1, 0.15) is 5.76 Å². The first kappa shape index (κ1) is 23.8. The van der Waals surface area contributed by atoms with Crippen LogP contribution in [-0.2, 0) is 9.53 Å². The quantitative estimate of drug-likeness (QED) is 0.542. The molecule has 3 N–H and O–H groups in total. The zero-order valence-electron chi connectivity index (χ0n) is 20.9. The molecule has 2 aliphatic carbocycles. The summed E-state index contributed by atoms with van der Waals surface area (Å²) >= 11 is 0. The van der Waals surface area contributed by atoms with Crippen molar-refractivity contribution in [3.8, 4) is 0 Å². The van der Waals surface area contributed by atoms with Crippen LogP contribution in [0.25, 0.3) is 5.57 Å². The Balaban J connectivity index is 1.46. The summed E-state index contributed by atoms with van der Waals surface area (Å²) in [4.78, 5) is 20.2. The van der Waals surface area contributed by atoms with Gasteiger partial charge >= 0.3 is 0 Å². The fourth-order valence-corrected chi connectivity index (χ4v) is 5.12. The van der Waals surface area contributed by atoms with E-state index in [1.165, 1.54) is 18.4 Å². The van der Waals surface area contributed by atoms with E-state index in [0.29, 0.717) is 24.0 Å². The van der Waals surface area contributed by atoms with E-state index >= 15 is 0 Å². The molecule has 1 saturated carbocycles. The maximum Gasteiger partial charge on any atom is 0.254 e. The molecule has 0 radical (unpaired) electrons. The average Bonchev–Trinajstić information content (AvgIpc) is 3.58. The van der Waals surface area contributed by atoms with Gasteiger partial charge in [0.2, 0.25) is 0 Å². The first-order chi connectivity index (χ1) is 17.0. The van der Waals surface area contributed by atoms with Gasteiger partial charge in [0.15, 0.2) is 6.10 Å². The monoisotopic (exact) mass is 476 g/mol. The van der Waals surface area contributed by atoms with Gasteiger partial charge in [-0.25, -0.2) is 0 Å². The number of hydrogen-bond acceptors (Lipinski definition) is 6. The summed E-state index contributed by atoms with van der Waals surface area (Å²) in [7, 11) is 1.66. The van der Waals surface area contributed by atoms with Gasteiger partial charge in [-0.15, -0.1) is 0 Å². The molecule has 1 amide bonds. The molecule has 3 aliphatic rings. The minimum absolute atomic E-state index is 0.143. The van der Waals surface area contributed by atoms with Gasteiger partial charge in [-0.3, -0.25) is 19.8 Å². The van der Waals surface area contributed by atoms with E-state index in [9.17, 15) is 4.79 Å². The number of carbonyl (C=O) groups is 1. The van der Waals surface area contributed by atoms with Crippen LogP contribution in [0.4, 0.5) is 0 Å². The first-order valence-corrected chi connectivity index (χ1v) is 12.8. The van der Waals surface area contributed by atoms with Crippen molar-refractivity contribution in [2.45, 2.75) is 51.2 Å². The third-order valence-electron chi connectivity index (χ3n) is 7.26. The molecule has 186 valence electrons. The lowest BCUT2D eigenvalue weighted by molar-refractivity contribution is -0.117. The molecule has 1 unspecified atom stereocenters. The van der Waals surface area contributed by atoms with Crippen LogP contribution in [0.15, 0.2) is 48.0 Å². The number of H-pyrrole nitrogens is 1. The molecule has 3 atom stereocenters. The van der Waals surface area contributed by atoms with Gasteiger partial charge in [0.05, 0.1) is 17.0 Å². The molecule has 1 saturated heterocycles. The number of likely N-dealkylation sites (N-methyl/N-ethyl adjacent to an activating group) is 1. The molecule has 3 heterocycles. The van der Waals surface area contributed by atoms with Crippen molar-refractivity contribution in [3.05, 3.63) is 65.0 Å². The molecule has 0 aromatic carbocycles. The van der Waals surface area contributed by atoms with Crippen molar-refractivity contribution in [2.75, 3.05) is 33.2 Å². The van der Waals surface area contributed by atoms with Gasteiger partial charge < -0.3 is 15.4 Å². The number of aromatic nitrogens is 3. The lowest BCUT2D eigenvalue weighted by atomic mass is 9.86. The number of aromatic amines is 1. The molecule has 0 bridgehead atoms. The fraction of sp³-hybridized carbons (Fsp3) is 0.519. The summed E-state index contributed by atoms with van der Waals surface area (Å²) in [5.74, 6) is 1.43. The minimum atomic E-state index is -0.252. The van der Waals surface area contributed by atoms with Crippen LogP contribution in [0.3, 0.4) is 0 Å². The van der Waals surface area contributed by atoms with E-state index in [4.69, 9.17) is 9.72 Å². The van der Waals surface area contributed by atoms with Crippen LogP contribution < -0.4 is 10.6 Å². The summed E-state index contributed by atoms with van der Waals surface area (Å²) in [6.45, 7) is 7.99. The van der Waals surface area contributed by atoms with Gasteiger partial charge in [-0.05, 0) is 60.9 Å². The molecule has 2 aromatic heterocycles. The topological polar surface area (TPSA) is 95.2 Å². The Kier molecular flexibility index (Phi) is 7.02. The molecule has 8 nitrogen and oxygen atoms in total. The van der Waals surface area contributed by atoms with Crippen LogP contribution in [0, 0.1) is 5.92 Å². The predicted octanol–water partition coefficient (Wildman–Crippen LogP) is 3.16. The normalized spacial score (nSPS) is 24.1. The highest BCUT2D eigenvalue weighted by Gasteiger charge is 2.31. The fourth-order valence-electron chi connectivity index (χ4n) is 5.12. The Morgan fingerprint density at radius 2 is 2.14 bits per heavy atom. The predicted molar refractivity (Wildman–Crippen MR) is 135 cm³/mol. The average molecular weight is 477 g/mol. The van der Waals surface area contributed by atoms with Crippen molar-refractivity contribution < 1.29 is 9.53 Å². The number of pyridine rings is 1. The number of carbonyl (C=O) groups excluding carboxylic acids is 1. The number of nitrogens with one attached hydrogen (secondary N) is 3. The number of hydrogen-bond donors (Lipinski definition) is 3. The Bertz CT molecular complexity index is 1090. The summed E-state index contributed by atoms with van der Waals surface area (Å²) in [5, 5.41) is 13.4. The Hall–Kier alpha value is -2.97. The van der Waals surface area contributed by atoms with Crippen LogP contribution in [0.5, 0.6) is 0 Å². The molecule has 5 rings (SSSR count). The molecule has 1 aliphatic heterocycles. The van der Waals surface area contributed by atoms with Crippen molar-refractivity contribution in [1.82, 2.24) is 30.7 Å². The number of allylic oxidation sites excluding steroid dienone is 2. The standard InChI is InChI=1S/C27H36N6O2/c1-17-12-25(22(27(34)28-3)13-21(17)23-8-9-31-32-23)35-26(16-33-11-10-29-18(2)15-33)24-7-6-20(14-30-24)19-4-5-19/h6-9,13-14,17-19,26,29H,4-5,10-12,15-16H2,1-3H3,(H,28,34)(H,31,32)/t17?,18-,26-/m1/s1. The van der Waals surface area contributed by atoms with Crippen LogP contribution >= 0.6 is 0 Å². The number of rotatable bonds is 8. The van der Waals surface area contributed by atoms with E-state index in [1.54, 1.807) is 13.2 Å². The molecule has 35 heavy (non-hydrogen) atoms. The number of piperazine rings is 1. The lowest BCUT2D eigenvalue weighted by Gasteiger charge is -2.35. The third kappa shape index (κ3) is 5.49. The highest BCUT2D eigenvalue weighted by Crippen LogP contribution is 2.40. The zero-order chi connectivity index (χ0) is 24.4. The van der Waals surface area contributed by atoms with Crippen molar-refractivity contribution in [2.24, 2.45) is 5.92 Å². The van der Waals surface area contributed by atoms with E-state index < -0.39 is 0 Å². The number of amides is 1. The molecular weight excluding hydrogens is 440 g/mol.